The minimum atomic E-state index is 0.0328. The van der Waals surface area contributed by atoms with Crippen molar-refractivity contribution >= 4 is 16.7 Å². The molecule has 0 amide bonds. The van der Waals surface area contributed by atoms with E-state index < -0.39 is 0 Å². The van der Waals surface area contributed by atoms with Crippen molar-refractivity contribution < 1.29 is 9.84 Å². The van der Waals surface area contributed by atoms with Crippen molar-refractivity contribution in [2.45, 2.75) is 19.1 Å². The Bertz CT molecular complexity index is 579. The maximum absolute atomic E-state index is 9.54. The highest BCUT2D eigenvalue weighted by Crippen LogP contribution is 2.25. The summed E-state index contributed by atoms with van der Waals surface area (Å²) in [4.78, 5) is 6.84. The minimum absolute atomic E-state index is 0.0328. The Morgan fingerprint density at radius 3 is 3.00 bits per heavy atom. The molecule has 4 heteroatoms. The zero-order valence-electron chi connectivity index (χ0n) is 11.0. The topological polar surface area (TPSA) is 45.6 Å². The predicted molar refractivity (Wildman–Crippen MR) is 75.3 cm³/mol. The highest BCUT2D eigenvalue weighted by Gasteiger charge is 2.22. The second-order valence-electron chi connectivity index (χ2n) is 4.94. The number of likely N-dealkylation sites (N-methyl/N-ethyl adjacent to an activating group) is 1. The van der Waals surface area contributed by atoms with Crippen molar-refractivity contribution in [3.63, 3.8) is 0 Å². The Kier molecular flexibility index (Phi) is 3.36. The lowest BCUT2D eigenvalue weighted by Crippen LogP contribution is -2.32. The molecule has 2 heterocycles. The third kappa shape index (κ3) is 2.29. The van der Waals surface area contributed by atoms with E-state index in [0.717, 1.165) is 41.9 Å². The fourth-order valence-electron chi connectivity index (χ4n) is 2.56. The molecule has 1 aromatic heterocycles. The lowest BCUT2D eigenvalue weighted by Gasteiger charge is -2.25. The fourth-order valence-corrected chi connectivity index (χ4v) is 2.56. The normalized spacial score (nSPS) is 18.9. The first-order chi connectivity index (χ1) is 9.29. The molecule has 1 saturated heterocycles. The van der Waals surface area contributed by atoms with Gasteiger partial charge in [0.25, 0.3) is 0 Å². The van der Waals surface area contributed by atoms with Crippen molar-refractivity contribution in [1.29, 1.82) is 0 Å². The molecule has 1 aliphatic heterocycles. The van der Waals surface area contributed by atoms with E-state index in [4.69, 9.17) is 4.74 Å². The third-order valence-corrected chi connectivity index (χ3v) is 3.77. The van der Waals surface area contributed by atoms with Gasteiger partial charge in [-0.15, -0.1) is 0 Å². The summed E-state index contributed by atoms with van der Waals surface area (Å²) < 4.78 is 5.42. The summed E-state index contributed by atoms with van der Waals surface area (Å²) >= 11 is 0. The van der Waals surface area contributed by atoms with Gasteiger partial charge in [-0.2, -0.15) is 0 Å². The average Bonchev–Trinajstić information content (AvgIpc) is 2.99. The van der Waals surface area contributed by atoms with Gasteiger partial charge >= 0.3 is 0 Å². The number of nitrogens with zero attached hydrogens (tertiary/aromatic N) is 2. The molecule has 3 rings (SSSR count). The summed E-state index contributed by atoms with van der Waals surface area (Å²) in [7, 11) is 2.04. The van der Waals surface area contributed by atoms with Gasteiger partial charge in [0.1, 0.15) is 5.82 Å². The number of pyridine rings is 1. The number of hydrogen-bond acceptors (Lipinski definition) is 4. The largest absolute Gasteiger partial charge is 0.392 e. The van der Waals surface area contributed by atoms with Gasteiger partial charge in [0, 0.05) is 19.0 Å². The van der Waals surface area contributed by atoms with E-state index in [1.807, 2.05) is 37.4 Å². The molecule has 1 aliphatic rings. The lowest BCUT2D eigenvalue weighted by atomic mass is 10.1. The molecule has 1 fully saturated rings. The Labute approximate surface area is 112 Å². The van der Waals surface area contributed by atoms with Gasteiger partial charge in [0.2, 0.25) is 0 Å². The molecule has 0 radical (unpaired) electrons. The Morgan fingerprint density at radius 2 is 2.26 bits per heavy atom. The molecule has 100 valence electrons. The van der Waals surface area contributed by atoms with E-state index in [2.05, 4.69) is 9.88 Å². The number of aliphatic hydroxyl groups excluding tert-OH is 1. The Morgan fingerprint density at radius 1 is 1.42 bits per heavy atom. The quantitative estimate of drug-likeness (QED) is 0.914. The minimum Gasteiger partial charge on any atom is -0.392 e. The number of rotatable bonds is 3. The number of aliphatic hydroxyl groups is 1. The predicted octanol–water partition coefficient (Wildman–Crippen LogP) is 1.95. The number of benzene rings is 1. The van der Waals surface area contributed by atoms with Crippen LogP contribution in [0.3, 0.4) is 0 Å². The molecule has 1 N–H and O–H groups in total. The van der Waals surface area contributed by atoms with Crippen LogP contribution in [0.15, 0.2) is 30.3 Å². The second kappa shape index (κ2) is 5.15. The highest BCUT2D eigenvalue weighted by molar-refractivity contribution is 5.84. The van der Waals surface area contributed by atoms with Crippen molar-refractivity contribution in [3.8, 4) is 0 Å². The van der Waals surface area contributed by atoms with Crippen LogP contribution in [0.4, 0.5) is 5.82 Å². The molecular weight excluding hydrogens is 240 g/mol. The van der Waals surface area contributed by atoms with Crippen molar-refractivity contribution in [1.82, 2.24) is 4.98 Å². The first-order valence-electron chi connectivity index (χ1n) is 6.59. The maximum atomic E-state index is 9.54. The van der Waals surface area contributed by atoms with Crippen LogP contribution in [0.1, 0.15) is 12.0 Å². The summed E-state index contributed by atoms with van der Waals surface area (Å²) in [6, 6.07) is 10.3. The molecule has 0 saturated carbocycles. The van der Waals surface area contributed by atoms with Gasteiger partial charge < -0.3 is 14.7 Å². The van der Waals surface area contributed by atoms with Gasteiger partial charge in [0.15, 0.2) is 0 Å². The van der Waals surface area contributed by atoms with Gasteiger partial charge in [-0.3, -0.25) is 0 Å². The third-order valence-electron chi connectivity index (χ3n) is 3.77. The summed E-state index contributed by atoms with van der Waals surface area (Å²) in [5.74, 6) is 0.901. The van der Waals surface area contributed by atoms with Gasteiger partial charge in [-0.25, -0.2) is 4.98 Å². The van der Waals surface area contributed by atoms with Crippen molar-refractivity contribution in [2.75, 3.05) is 25.2 Å². The van der Waals surface area contributed by atoms with Crippen molar-refractivity contribution in [3.05, 3.63) is 35.9 Å². The molecule has 0 aliphatic carbocycles. The SMILES string of the molecule is CN(c1cc(CO)c2ccccc2n1)C1CCOC1. The van der Waals surface area contributed by atoms with E-state index in [0.29, 0.717) is 6.04 Å². The van der Waals surface area contributed by atoms with Crippen molar-refractivity contribution in [2.24, 2.45) is 0 Å². The Balaban J connectivity index is 2.03. The van der Waals surface area contributed by atoms with Crippen LogP contribution in [-0.4, -0.2) is 36.4 Å². The molecule has 1 aromatic carbocycles. The fraction of sp³-hybridized carbons (Fsp3) is 0.400. The summed E-state index contributed by atoms with van der Waals surface area (Å²) in [6.45, 7) is 1.60. The van der Waals surface area contributed by atoms with E-state index in [-0.39, 0.29) is 6.61 Å². The Hall–Kier alpha value is -1.65. The van der Waals surface area contributed by atoms with Crippen LogP contribution in [0.5, 0.6) is 0 Å². The molecule has 0 bridgehead atoms. The molecule has 4 nitrogen and oxygen atoms in total. The standard InChI is InChI=1S/C15H18N2O2/c1-17(12-6-7-19-10-12)15-8-11(9-18)13-4-2-3-5-14(13)16-15/h2-5,8,12,18H,6-7,9-10H2,1H3. The summed E-state index contributed by atoms with van der Waals surface area (Å²) in [5.41, 5.74) is 1.85. The zero-order chi connectivity index (χ0) is 13.2. The first-order valence-corrected chi connectivity index (χ1v) is 6.59. The lowest BCUT2D eigenvalue weighted by molar-refractivity contribution is 0.193. The average molecular weight is 258 g/mol. The van der Waals surface area contributed by atoms with Crippen LogP contribution in [0.25, 0.3) is 10.9 Å². The number of anilines is 1. The van der Waals surface area contributed by atoms with E-state index in [9.17, 15) is 5.11 Å². The van der Waals surface area contributed by atoms with Crippen LogP contribution in [-0.2, 0) is 11.3 Å². The molecular formula is C15H18N2O2. The van der Waals surface area contributed by atoms with Gasteiger partial charge in [0.05, 0.1) is 24.8 Å². The number of ether oxygens (including phenoxy) is 1. The molecule has 1 unspecified atom stereocenters. The molecule has 2 aromatic rings. The smallest absolute Gasteiger partial charge is 0.129 e. The first kappa shape index (κ1) is 12.4. The number of fused-ring (bicyclic) bond motifs is 1. The second-order valence-corrected chi connectivity index (χ2v) is 4.94. The highest BCUT2D eigenvalue weighted by atomic mass is 16.5. The zero-order valence-corrected chi connectivity index (χ0v) is 11.0. The van der Waals surface area contributed by atoms with Crippen LogP contribution < -0.4 is 4.90 Å². The van der Waals surface area contributed by atoms with Crippen LogP contribution in [0.2, 0.25) is 0 Å². The molecule has 0 spiro atoms. The van der Waals surface area contributed by atoms with E-state index >= 15 is 0 Å². The number of aromatic nitrogens is 1. The molecule has 1 atom stereocenters. The maximum Gasteiger partial charge on any atom is 0.129 e. The van der Waals surface area contributed by atoms with Gasteiger partial charge in [-0.1, -0.05) is 18.2 Å². The monoisotopic (exact) mass is 258 g/mol. The van der Waals surface area contributed by atoms with Crippen LogP contribution >= 0.6 is 0 Å². The van der Waals surface area contributed by atoms with E-state index in [1.54, 1.807) is 0 Å². The summed E-state index contributed by atoms with van der Waals surface area (Å²) in [6.07, 6.45) is 1.03. The number of para-hydroxylation sites is 1. The summed E-state index contributed by atoms with van der Waals surface area (Å²) in [5, 5.41) is 10.6. The number of hydrogen-bond donors (Lipinski definition) is 1. The van der Waals surface area contributed by atoms with Gasteiger partial charge in [-0.05, 0) is 24.1 Å². The molecule has 19 heavy (non-hydrogen) atoms. The van der Waals surface area contributed by atoms with E-state index in [1.165, 1.54) is 0 Å². The van der Waals surface area contributed by atoms with Crippen LogP contribution in [0, 0.1) is 0 Å².